The van der Waals surface area contributed by atoms with E-state index < -0.39 is 21.8 Å². The lowest BCUT2D eigenvalue weighted by atomic mass is 9.95. The molecule has 0 amide bonds. The molecule has 160 valence electrons. The zero-order chi connectivity index (χ0) is 21.6. The van der Waals surface area contributed by atoms with Crippen LogP contribution < -0.4 is 10.6 Å². The van der Waals surface area contributed by atoms with Gasteiger partial charge in [0.15, 0.2) is 5.60 Å². The first-order chi connectivity index (χ1) is 13.3. The first-order valence-electron chi connectivity index (χ1n) is 8.86. The maximum Gasteiger partial charge on any atom is 0.421 e. The van der Waals surface area contributed by atoms with Gasteiger partial charge in [0.1, 0.15) is 4.21 Å². The summed E-state index contributed by atoms with van der Waals surface area (Å²) in [7, 11) is -3.64. The number of thiophene rings is 1. The Bertz CT molecular complexity index is 972. The third-order valence-corrected chi connectivity index (χ3v) is 8.35. The molecule has 11 heteroatoms. The third kappa shape index (κ3) is 4.09. The lowest BCUT2D eigenvalue weighted by Gasteiger charge is -2.40. The van der Waals surface area contributed by atoms with Crippen molar-refractivity contribution in [1.82, 2.24) is 4.31 Å². The third-order valence-electron chi connectivity index (χ3n) is 5.10. The van der Waals surface area contributed by atoms with Gasteiger partial charge >= 0.3 is 6.18 Å². The number of piperazine rings is 1. The maximum atomic E-state index is 13.0. The predicted octanol–water partition coefficient (Wildman–Crippen LogP) is 3.00. The van der Waals surface area contributed by atoms with E-state index in [1.54, 1.807) is 6.07 Å². The Labute approximate surface area is 171 Å². The molecule has 1 aromatic heterocycles. The molecule has 2 heterocycles. The predicted molar refractivity (Wildman–Crippen MR) is 106 cm³/mol. The van der Waals surface area contributed by atoms with Crippen molar-refractivity contribution in [2.45, 2.75) is 35.9 Å². The second kappa shape index (κ2) is 7.46. The fourth-order valence-electron chi connectivity index (χ4n) is 3.27. The Balaban J connectivity index is 1.75. The molecule has 1 aliphatic rings. The Morgan fingerprint density at radius 3 is 2.24 bits per heavy atom. The molecule has 1 fully saturated rings. The molecule has 0 aliphatic carbocycles. The van der Waals surface area contributed by atoms with E-state index in [2.05, 4.69) is 0 Å². The zero-order valence-electron chi connectivity index (χ0n) is 15.8. The molecule has 6 nitrogen and oxygen atoms in total. The van der Waals surface area contributed by atoms with Crippen molar-refractivity contribution in [3.63, 3.8) is 0 Å². The molecule has 0 saturated carbocycles. The summed E-state index contributed by atoms with van der Waals surface area (Å²) in [5, 5.41) is 10.2. The lowest BCUT2D eigenvalue weighted by Crippen LogP contribution is -2.53. The number of hydrogen-bond donors (Lipinski definition) is 2. The summed E-state index contributed by atoms with van der Waals surface area (Å²) in [4.78, 5) is 1.93. The van der Waals surface area contributed by atoms with Gasteiger partial charge in [0, 0.05) is 31.4 Å². The van der Waals surface area contributed by atoms with Crippen LogP contribution in [-0.2, 0) is 15.6 Å². The highest BCUT2D eigenvalue weighted by Crippen LogP contribution is 2.39. The number of nitrogens with two attached hydrogens (primary N) is 1. The molecule has 1 saturated heterocycles. The van der Waals surface area contributed by atoms with Crippen LogP contribution in [0.3, 0.4) is 0 Å². The Morgan fingerprint density at radius 1 is 1.14 bits per heavy atom. The summed E-state index contributed by atoms with van der Waals surface area (Å²) >= 11 is 1.01. The quantitative estimate of drug-likeness (QED) is 0.750. The summed E-state index contributed by atoms with van der Waals surface area (Å²) < 4.78 is 66.1. The molecule has 2 aromatic rings. The van der Waals surface area contributed by atoms with Crippen LogP contribution in [0.4, 0.5) is 23.9 Å². The van der Waals surface area contributed by atoms with Gasteiger partial charge in [0.05, 0.1) is 5.00 Å². The molecule has 0 unspecified atom stereocenters. The fraction of sp³-hybridized carbons (Fsp3) is 0.444. The second-order valence-electron chi connectivity index (χ2n) is 7.18. The number of sulfonamides is 1. The highest BCUT2D eigenvalue weighted by atomic mass is 32.2. The van der Waals surface area contributed by atoms with E-state index >= 15 is 0 Å². The van der Waals surface area contributed by atoms with Gasteiger partial charge < -0.3 is 15.7 Å². The summed E-state index contributed by atoms with van der Waals surface area (Å²) in [5.74, 6) is 0. The van der Waals surface area contributed by atoms with Crippen LogP contribution in [0.1, 0.15) is 19.4 Å². The minimum atomic E-state index is -4.78. The van der Waals surface area contributed by atoms with Gasteiger partial charge in [-0.2, -0.15) is 17.5 Å². The van der Waals surface area contributed by atoms with Gasteiger partial charge in [-0.3, -0.25) is 0 Å². The summed E-state index contributed by atoms with van der Waals surface area (Å²) in [5.41, 5.74) is 3.11. The first-order valence-corrected chi connectivity index (χ1v) is 11.1. The standard InChI is InChI=1S/C18H22F3N3O3S2/c1-12-11-23(29(26,27)16-8-7-15(22)28-16)9-10-24(12)14-5-3-13(4-6-14)17(2,25)18(19,20)21/h3-8,12,25H,9-11,22H2,1-2H3/t12-,17-/m0/s1. The SMILES string of the molecule is C[C@H]1CN(S(=O)(=O)c2ccc(N)s2)CCN1c1ccc([C@](C)(O)C(F)(F)F)cc1. The van der Waals surface area contributed by atoms with Crippen LogP contribution in [0.15, 0.2) is 40.6 Å². The van der Waals surface area contributed by atoms with E-state index in [1.165, 1.54) is 34.6 Å². The molecule has 0 radical (unpaired) electrons. The molecular formula is C18H22F3N3O3S2. The number of anilines is 2. The first kappa shape index (κ1) is 21.9. The molecule has 1 aromatic carbocycles. The normalized spacial score (nSPS) is 21.2. The van der Waals surface area contributed by atoms with Crippen LogP contribution in [0, 0.1) is 0 Å². The number of aliphatic hydroxyl groups is 1. The van der Waals surface area contributed by atoms with Gasteiger partial charge in [-0.05, 0) is 43.7 Å². The number of nitrogens with zero attached hydrogens (tertiary/aromatic N) is 2. The van der Waals surface area contributed by atoms with E-state index in [9.17, 15) is 26.7 Å². The Hall–Kier alpha value is -1.82. The van der Waals surface area contributed by atoms with E-state index in [-0.39, 0.29) is 28.9 Å². The minimum absolute atomic E-state index is 0.189. The smallest absolute Gasteiger partial charge is 0.391 e. The molecule has 1 aliphatic heterocycles. The molecule has 0 bridgehead atoms. The van der Waals surface area contributed by atoms with Crippen molar-refractivity contribution >= 4 is 32.0 Å². The minimum Gasteiger partial charge on any atom is -0.391 e. The average Bonchev–Trinajstić information content (AvgIpc) is 3.08. The van der Waals surface area contributed by atoms with Gasteiger partial charge in [-0.15, -0.1) is 11.3 Å². The molecule has 0 spiro atoms. The largest absolute Gasteiger partial charge is 0.421 e. The molecule has 3 N–H and O–H groups in total. The number of hydrogen-bond acceptors (Lipinski definition) is 6. The molecule has 3 rings (SSSR count). The van der Waals surface area contributed by atoms with E-state index in [1.807, 2.05) is 11.8 Å². The van der Waals surface area contributed by atoms with Crippen molar-refractivity contribution < 1.29 is 26.7 Å². The number of rotatable bonds is 4. The van der Waals surface area contributed by atoms with Crippen molar-refractivity contribution in [1.29, 1.82) is 0 Å². The Morgan fingerprint density at radius 2 is 1.76 bits per heavy atom. The molecule has 29 heavy (non-hydrogen) atoms. The number of nitrogen functional groups attached to an aromatic ring is 1. The van der Waals surface area contributed by atoms with E-state index in [4.69, 9.17) is 5.73 Å². The molecule has 2 atom stereocenters. The van der Waals surface area contributed by atoms with E-state index in [0.717, 1.165) is 11.3 Å². The average molecular weight is 450 g/mol. The lowest BCUT2D eigenvalue weighted by molar-refractivity contribution is -0.258. The summed E-state index contributed by atoms with van der Waals surface area (Å²) in [6.07, 6.45) is -4.78. The van der Waals surface area contributed by atoms with E-state index in [0.29, 0.717) is 24.2 Å². The zero-order valence-corrected chi connectivity index (χ0v) is 17.5. The second-order valence-corrected chi connectivity index (χ2v) is 10.5. The van der Waals surface area contributed by atoms with Crippen molar-refractivity contribution in [3.05, 3.63) is 42.0 Å². The monoisotopic (exact) mass is 449 g/mol. The van der Waals surface area contributed by atoms with Crippen LogP contribution in [0.2, 0.25) is 0 Å². The van der Waals surface area contributed by atoms with Gasteiger partial charge in [-0.25, -0.2) is 8.42 Å². The van der Waals surface area contributed by atoms with Gasteiger partial charge in [-0.1, -0.05) is 12.1 Å². The van der Waals surface area contributed by atoms with Gasteiger partial charge in [0.2, 0.25) is 0 Å². The van der Waals surface area contributed by atoms with Gasteiger partial charge in [0.25, 0.3) is 10.0 Å². The van der Waals surface area contributed by atoms with Crippen LogP contribution in [0.5, 0.6) is 0 Å². The van der Waals surface area contributed by atoms with Crippen molar-refractivity contribution in [2.75, 3.05) is 30.3 Å². The number of halogens is 3. The van der Waals surface area contributed by atoms with Crippen LogP contribution in [-0.4, -0.2) is 49.7 Å². The Kier molecular flexibility index (Phi) is 5.63. The highest BCUT2D eigenvalue weighted by molar-refractivity contribution is 7.91. The molecular weight excluding hydrogens is 427 g/mol. The number of alkyl halides is 3. The number of benzene rings is 1. The fourth-order valence-corrected chi connectivity index (χ4v) is 6.03. The van der Waals surface area contributed by atoms with Crippen LogP contribution >= 0.6 is 11.3 Å². The summed E-state index contributed by atoms with van der Waals surface area (Å²) in [6.45, 7) is 3.43. The van der Waals surface area contributed by atoms with Crippen molar-refractivity contribution in [3.8, 4) is 0 Å². The highest BCUT2D eigenvalue weighted by Gasteiger charge is 2.51. The summed E-state index contributed by atoms with van der Waals surface area (Å²) in [6, 6.07) is 8.35. The topological polar surface area (TPSA) is 86.9 Å². The van der Waals surface area contributed by atoms with Crippen molar-refractivity contribution in [2.24, 2.45) is 0 Å². The maximum absolute atomic E-state index is 13.0. The van der Waals surface area contributed by atoms with Crippen LogP contribution in [0.25, 0.3) is 0 Å².